The number of hydrogen-bond donors (Lipinski definition) is 1. The van der Waals surface area contributed by atoms with Crippen LogP contribution in [-0.4, -0.2) is 13.2 Å². The summed E-state index contributed by atoms with van der Waals surface area (Å²) < 4.78 is 5.78. The first kappa shape index (κ1) is 13.3. The number of hydrogen-bond acceptors (Lipinski definition) is 2. The average Bonchev–Trinajstić information content (AvgIpc) is 2.29. The van der Waals surface area contributed by atoms with Crippen LogP contribution in [0, 0.1) is 5.92 Å². The van der Waals surface area contributed by atoms with Gasteiger partial charge in [0, 0.05) is 10.6 Å². The van der Waals surface area contributed by atoms with Crippen LogP contribution in [0.25, 0.3) is 0 Å². The fourth-order valence-electron chi connectivity index (χ4n) is 1.41. The minimum Gasteiger partial charge on any atom is -0.493 e. The molecule has 0 spiro atoms. The molecule has 1 aromatic carbocycles. The molecule has 0 aromatic heterocycles. The largest absolute Gasteiger partial charge is 0.493 e. The molecule has 3 heteroatoms. The zero-order chi connectivity index (χ0) is 12.0. The summed E-state index contributed by atoms with van der Waals surface area (Å²) in [5, 5.41) is 0.743. The molecule has 90 valence electrons. The number of halogens is 1. The lowest BCUT2D eigenvalue weighted by molar-refractivity contribution is 0.254. The van der Waals surface area contributed by atoms with Crippen molar-refractivity contribution in [2.75, 3.05) is 13.2 Å². The highest BCUT2D eigenvalue weighted by molar-refractivity contribution is 6.31. The van der Waals surface area contributed by atoms with Crippen molar-refractivity contribution >= 4 is 11.6 Å². The van der Waals surface area contributed by atoms with E-state index in [0.29, 0.717) is 12.5 Å². The number of rotatable bonds is 6. The van der Waals surface area contributed by atoms with Gasteiger partial charge in [0.15, 0.2) is 0 Å². The Balaban J connectivity index is 2.74. The van der Waals surface area contributed by atoms with Crippen molar-refractivity contribution in [1.29, 1.82) is 0 Å². The second kappa shape index (κ2) is 6.77. The highest BCUT2D eigenvalue weighted by atomic mass is 35.5. The highest BCUT2D eigenvalue weighted by Gasteiger charge is 2.08. The molecule has 0 fully saturated rings. The minimum absolute atomic E-state index is 0.560. The fraction of sp³-hybridized carbons (Fsp3) is 0.538. The van der Waals surface area contributed by atoms with Crippen molar-refractivity contribution in [2.24, 2.45) is 11.7 Å². The molecule has 0 radical (unpaired) electrons. The van der Waals surface area contributed by atoms with Gasteiger partial charge in [-0.25, -0.2) is 0 Å². The lowest BCUT2D eigenvalue weighted by atomic mass is 10.1. The summed E-state index contributed by atoms with van der Waals surface area (Å²) in [6.45, 7) is 5.65. The minimum atomic E-state index is 0.560. The van der Waals surface area contributed by atoms with Crippen molar-refractivity contribution in [2.45, 2.75) is 26.7 Å². The van der Waals surface area contributed by atoms with Crippen LogP contribution in [0.5, 0.6) is 5.75 Å². The quantitative estimate of drug-likeness (QED) is 0.830. The molecule has 0 aliphatic carbocycles. The van der Waals surface area contributed by atoms with Gasteiger partial charge in [-0.05, 0) is 31.0 Å². The van der Waals surface area contributed by atoms with Crippen molar-refractivity contribution in [3.63, 3.8) is 0 Å². The summed E-state index contributed by atoms with van der Waals surface area (Å²) in [4.78, 5) is 0. The van der Waals surface area contributed by atoms with E-state index < -0.39 is 0 Å². The Kier molecular flexibility index (Phi) is 5.64. The molecule has 0 aliphatic rings. The fourth-order valence-corrected chi connectivity index (χ4v) is 1.67. The van der Waals surface area contributed by atoms with Crippen molar-refractivity contribution in [3.05, 3.63) is 28.8 Å². The lowest BCUT2D eigenvalue weighted by Gasteiger charge is -2.15. The summed E-state index contributed by atoms with van der Waals surface area (Å²) in [6, 6.07) is 5.75. The molecular weight excluding hydrogens is 222 g/mol. The van der Waals surface area contributed by atoms with Gasteiger partial charge >= 0.3 is 0 Å². The van der Waals surface area contributed by atoms with Crippen LogP contribution in [0.2, 0.25) is 5.02 Å². The van der Waals surface area contributed by atoms with E-state index in [0.717, 1.165) is 35.8 Å². The summed E-state index contributed by atoms with van der Waals surface area (Å²) in [6.07, 6.45) is 1.88. The second-order valence-electron chi connectivity index (χ2n) is 4.08. The van der Waals surface area contributed by atoms with E-state index in [1.165, 1.54) is 0 Å². The van der Waals surface area contributed by atoms with Crippen molar-refractivity contribution < 1.29 is 4.74 Å². The lowest BCUT2D eigenvalue weighted by Crippen LogP contribution is -2.10. The molecule has 0 heterocycles. The van der Waals surface area contributed by atoms with E-state index in [-0.39, 0.29) is 0 Å². The van der Waals surface area contributed by atoms with Crippen LogP contribution in [0.1, 0.15) is 25.8 Å². The van der Waals surface area contributed by atoms with Gasteiger partial charge in [-0.15, -0.1) is 0 Å². The number of nitrogens with two attached hydrogens (primary N) is 1. The predicted octanol–water partition coefficient (Wildman–Crippen LogP) is 3.27. The monoisotopic (exact) mass is 241 g/mol. The number of benzene rings is 1. The van der Waals surface area contributed by atoms with Gasteiger partial charge < -0.3 is 10.5 Å². The molecular formula is C13H20ClNO. The third-order valence-corrected chi connectivity index (χ3v) is 3.04. The Bertz CT molecular complexity index is 328. The molecule has 1 rings (SSSR count). The van der Waals surface area contributed by atoms with Gasteiger partial charge in [0.25, 0.3) is 0 Å². The molecule has 0 saturated carbocycles. The van der Waals surface area contributed by atoms with Crippen LogP contribution in [0.3, 0.4) is 0 Å². The molecule has 0 saturated heterocycles. The van der Waals surface area contributed by atoms with Gasteiger partial charge in [-0.1, -0.05) is 37.9 Å². The zero-order valence-corrected chi connectivity index (χ0v) is 10.8. The molecule has 1 unspecified atom stereocenters. The molecule has 0 aliphatic heterocycles. The third kappa shape index (κ3) is 3.69. The number of ether oxygens (including phenoxy) is 1. The SMILES string of the molecule is CCC(C)COc1cccc(Cl)c1CCN. The summed E-state index contributed by atoms with van der Waals surface area (Å²) in [5.74, 6) is 1.43. The van der Waals surface area contributed by atoms with E-state index in [4.69, 9.17) is 22.1 Å². The maximum absolute atomic E-state index is 6.12. The standard InChI is InChI=1S/C13H20ClNO/c1-3-10(2)9-16-13-6-4-5-12(14)11(13)7-8-15/h4-6,10H,3,7-9,15H2,1-2H3. The van der Waals surface area contributed by atoms with Gasteiger partial charge in [0.1, 0.15) is 5.75 Å². The predicted molar refractivity (Wildman–Crippen MR) is 69.2 cm³/mol. The summed E-state index contributed by atoms with van der Waals surface area (Å²) >= 11 is 6.12. The van der Waals surface area contributed by atoms with Crippen molar-refractivity contribution in [3.8, 4) is 5.75 Å². The van der Waals surface area contributed by atoms with Gasteiger partial charge in [-0.2, -0.15) is 0 Å². The van der Waals surface area contributed by atoms with Gasteiger partial charge in [0.05, 0.1) is 6.61 Å². The van der Waals surface area contributed by atoms with Crippen LogP contribution in [0.15, 0.2) is 18.2 Å². The molecule has 0 amide bonds. The van der Waals surface area contributed by atoms with Crippen LogP contribution in [0.4, 0.5) is 0 Å². The first-order valence-electron chi connectivity index (χ1n) is 5.79. The Morgan fingerprint density at radius 3 is 2.81 bits per heavy atom. The first-order chi connectivity index (χ1) is 7.69. The molecule has 1 aromatic rings. The smallest absolute Gasteiger partial charge is 0.124 e. The topological polar surface area (TPSA) is 35.2 Å². The Labute approximate surface area is 103 Å². The molecule has 2 nitrogen and oxygen atoms in total. The average molecular weight is 242 g/mol. The summed E-state index contributed by atoms with van der Waals surface area (Å²) in [5.41, 5.74) is 6.59. The summed E-state index contributed by atoms with van der Waals surface area (Å²) in [7, 11) is 0. The first-order valence-corrected chi connectivity index (χ1v) is 6.17. The van der Waals surface area contributed by atoms with E-state index in [9.17, 15) is 0 Å². The van der Waals surface area contributed by atoms with E-state index in [1.54, 1.807) is 0 Å². The van der Waals surface area contributed by atoms with Crippen LogP contribution >= 0.6 is 11.6 Å². The second-order valence-corrected chi connectivity index (χ2v) is 4.49. The highest BCUT2D eigenvalue weighted by Crippen LogP contribution is 2.27. The van der Waals surface area contributed by atoms with Crippen LogP contribution < -0.4 is 10.5 Å². The third-order valence-electron chi connectivity index (χ3n) is 2.69. The van der Waals surface area contributed by atoms with Crippen molar-refractivity contribution in [1.82, 2.24) is 0 Å². The van der Waals surface area contributed by atoms with Gasteiger partial charge in [-0.3, -0.25) is 0 Å². The molecule has 1 atom stereocenters. The maximum Gasteiger partial charge on any atom is 0.124 e. The normalized spacial score (nSPS) is 12.5. The Morgan fingerprint density at radius 2 is 2.19 bits per heavy atom. The molecule has 16 heavy (non-hydrogen) atoms. The Morgan fingerprint density at radius 1 is 1.44 bits per heavy atom. The molecule has 2 N–H and O–H groups in total. The Hall–Kier alpha value is -0.730. The zero-order valence-electron chi connectivity index (χ0n) is 10.0. The van der Waals surface area contributed by atoms with E-state index in [2.05, 4.69) is 13.8 Å². The van der Waals surface area contributed by atoms with E-state index in [1.807, 2.05) is 18.2 Å². The molecule has 0 bridgehead atoms. The van der Waals surface area contributed by atoms with E-state index >= 15 is 0 Å². The maximum atomic E-state index is 6.12. The van der Waals surface area contributed by atoms with Crippen LogP contribution in [-0.2, 0) is 6.42 Å². The van der Waals surface area contributed by atoms with Gasteiger partial charge in [0.2, 0.25) is 0 Å².